The number of H-pyrrole nitrogens is 1. The number of primary amides is 1. The Balaban J connectivity index is 1.23. The number of nitrogens with zero attached hydrogens (tertiary/aromatic N) is 6. The van der Waals surface area contributed by atoms with Crippen molar-refractivity contribution in [2.24, 2.45) is 23.5 Å². The minimum Gasteiger partial charge on any atom is -0.481 e. The number of carbonyl (C=O) groups is 2. The summed E-state index contributed by atoms with van der Waals surface area (Å²) in [5.74, 6) is 0.150. The summed E-state index contributed by atoms with van der Waals surface area (Å²) in [6.07, 6.45) is 5.38. The van der Waals surface area contributed by atoms with Crippen molar-refractivity contribution in [2.75, 3.05) is 31.6 Å². The smallest absolute Gasteiger partial charge is 0.274 e. The molecule has 0 radical (unpaired) electrons. The van der Waals surface area contributed by atoms with Crippen LogP contribution < -0.4 is 15.4 Å². The molecule has 2 amide bonds. The first-order valence-corrected chi connectivity index (χ1v) is 13.3. The van der Waals surface area contributed by atoms with Crippen LogP contribution in [0.2, 0.25) is 0 Å². The maximum absolute atomic E-state index is 14.5. The van der Waals surface area contributed by atoms with Gasteiger partial charge >= 0.3 is 0 Å². The number of carbonyl (C=O) groups excluding carboxylic acids is 2. The van der Waals surface area contributed by atoms with Gasteiger partial charge in [0, 0.05) is 48.9 Å². The van der Waals surface area contributed by atoms with Gasteiger partial charge in [-0.1, -0.05) is 0 Å². The molecule has 3 N–H and O–H groups in total. The highest BCUT2D eigenvalue weighted by molar-refractivity contribution is 5.94. The lowest BCUT2D eigenvalue weighted by Gasteiger charge is -2.40. The molecule has 3 aliphatic rings. The minimum atomic E-state index is -0.563. The Kier molecular flexibility index (Phi) is 6.37. The zero-order valence-electron chi connectivity index (χ0n) is 22.0. The van der Waals surface area contributed by atoms with Gasteiger partial charge in [-0.3, -0.25) is 14.7 Å². The molecule has 0 bridgehead atoms. The maximum atomic E-state index is 14.5. The predicted octanol–water partition coefficient (Wildman–Crippen LogP) is 2.51. The van der Waals surface area contributed by atoms with Crippen LogP contribution in [0.15, 0.2) is 36.7 Å². The highest BCUT2D eigenvalue weighted by Gasteiger charge is 2.65. The van der Waals surface area contributed by atoms with E-state index in [1.54, 1.807) is 18.3 Å². The van der Waals surface area contributed by atoms with Crippen molar-refractivity contribution in [1.82, 2.24) is 25.1 Å². The van der Waals surface area contributed by atoms with Crippen LogP contribution in [0.25, 0.3) is 11.3 Å². The molecule has 3 aromatic rings. The molecule has 40 heavy (non-hydrogen) atoms. The quantitative estimate of drug-likeness (QED) is 0.480. The van der Waals surface area contributed by atoms with E-state index in [1.807, 2.05) is 11.0 Å². The Labute approximate surface area is 230 Å². The van der Waals surface area contributed by atoms with Crippen molar-refractivity contribution in [2.45, 2.75) is 31.2 Å². The number of nitriles is 1. The van der Waals surface area contributed by atoms with Crippen LogP contribution in [-0.4, -0.2) is 69.2 Å². The van der Waals surface area contributed by atoms with Crippen molar-refractivity contribution in [3.63, 3.8) is 0 Å². The molecule has 6 rings (SSSR count). The van der Waals surface area contributed by atoms with E-state index in [9.17, 15) is 14.0 Å². The molecular weight excluding hydrogens is 515 g/mol. The predicted molar refractivity (Wildman–Crippen MR) is 141 cm³/mol. The molecule has 1 saturated carbocycles. The first-order chi connectivity index (χ1) is 19.3. The van der Waals surface area contributed by atoms with E-state index in [4.69, 9.17) is 15.7 Å². The molecule has 206 valence electrons. The van der Waals surface area contributed by atoms with Gasteiger partial charge in [0.2, 0.25) is 11.8 Å². The molecule has 2 saturated heterocycles. The minimum absolute atomic E-state index is 0.183. The van der Waals surface area contributed by atoms with Crippen molar-refractivity contribution in [3.05, 3.63) is 53.7 Å². The Bertz CT molecular complexity index is 1500. The largest absolute Gasteiger partial charge is 0.481 e. The summed E-state index contributed by atoms with van der Waals surface area (Å²) in [5, 5.41) is 16.1. The summed E-state index contributed by atoms with van der Waals surface area (Å²) in [6, 6.07) is 8.70. The van der Waals surface area contributed by atoms with Crippen molar-refractivity contribution in [1.29, 1.82) is 5.26 Å². The van der Waals surface area contributed by atoms with Crippen molar-refractivity contribution >= 4 is 17.6 Å². The molecule has 3 fully saturated rings. The first-order valence-electron chi connectivity index (χ1n) is 13.3. The summed E-state index contributed by atoms with van der Waals surface area (Å²) in [7, 11) is 1.44. The van der Waals surface area contributed by atoms with E-state index in [1.165, 1.54) is 13.2 Å². The summed E-state index contributed by atoms with van der Waals surface area (Å²) in [5.41, 5.74) is 6.49. The van der Waals surface area contributed by atoms with Crippen LogP contribution in [0.1, 0.15) is 41.7 Å². The Morgan fingerprint density at radius 2 is 2.05 bits per heavy atom. The molecule has 1 spiro atoms. The SMILES string of the molecule is COc1cc(-c2cc(C(=O)N3CCC(C(N)=O)CC34CC4[C@H]3CCN(c4ccc(C#N)cn4)C3)n[nH]2)c(F)cn1. The normalized spacial score (nSPS) is 25.6. The standard InChI is InChI=1S/C28H29FN8O3/c1-40-25-8-19(21(29)14-33-25)22-9-23(35-34-22)27(39)37-7-5-17(26(31)38)10-28(37)11-20(28)18-4-6-36(15-18)24-3-2-16(12-30)13-32-24/h2-3,8-9,13-14,17-18,20H,4-7,10-11,15H2,1H3,(H2,31,38)(H,34,35)/t17?,18-,20?,28?/m0/s1. The number of rotatable bonds is 6. The van der Waals surface area contributed by atoms with Gasteiger partial charge in [-0.05, 0) is 55.7 Å². The number of aromatic amines is 1. The van der Waals surface area contributed by atoms with E-state index in [0.717, 1.165) is 37.9 Å². The second-order valence-electron chi connectivity index (χ2n) is 10.8. The number of nitrogens with two attached hydrogens (primary N) is 1. The molecule has 12 heteroatoms. The number of pyridine rings is 2. The Morgan fingerprint density at radius 1 is 1.20 bits per heavy atom. The number of halogens is 1. The average Bonchev–Trinajstić information content (AvgIpc) is 3.32. The van der Waals surface area contributed by atoms with Crippen molar-refractivity contribution in [3.8, 4) is 23.2 Å². The summed E-state index contributed by atoms with van der Waals surface area (Å²) in [4.78, 5) is 38.4. The fourth-order valence-corrected chi connectivity index (χ4v) is 6.57. The van der Waals surface area contributed by atoms with Crippen LogP contribution >= 0.6 is 0 Å². The molecule has 2 aliphatic heterocycles. The molecule has 3 unspecified atom stereocenters. The lowest BCUT2D eigenvalue weighted by atomic mass is 9.84. The van der Waals surface area contributed by atoms with Gasteiger partial charge in [0.25, 0.3) is 5.91 Å². The monoisotopic (exact) mass is 544 g/mol. The number of hydrogen-bond donors (Lipinski definition) is 2. The van der Waals surface area contributed by atoms with Gasteiger partial charge in [0.1, 0.15) is 11.9 Å². The highest BCUT2D eigenvalue weighted by atomic mass is 19.1. The third-order valence-electron chi connectivity index (χ3n) is 8.71. The van der Waals surface area contributed by atoms with Gasteiger partial charge in [-0.2, -0.15) is 10.4 Å². The highest BCUT2D eigenvalue weighted by Crippen LogP contribution is 2.60. The zero-order valence-corrected chi connectivity index (χ0v) is 22.0. The van der Waals surface area contributed by atoms with Gasteiger partial charge in [0.15, 0.2) is 11.5 Å². The van der Waals surface area contributed by atoms with Crippen LogP contribution in [-0.2, 0) is 4.79 Å². The van der Waals surface area contributed by atoms with Crippen LogP contribution in [0.5, 0.6) is 5.88 Å². The van der Waals surface area contributed by atoms with Crippen molar-refractivity contribution < 1.29 is 18.7 Å². The maximum Gasteiger partial charge on any atom is 0.274 e. The van der Waals surface area contributed by atoms with Gasteiger partial charge in [0.05, 0.1) is 24.6 Å². The zero-order chi connectivity index (χ0) is 28.0. The number of likely N-dealkylation sites (tertiary alicyclic amines) is 1. The van der Waals surface area contributed by atoms with E-state index in [0.29, 0.717) is 36.6 Å². The summed E-state index contributed by atoms with van der Waals surface area (Å²) in [6.45, 7) is 2.01. The average molecular weight is 545 g/mol. The number of nitrogens with one attached hydrogen (secondary N) is 1. The van der Waals surface area contributed by atoms with E-state index in [2.05, 4.69) is 31.1 Å². The number of amides is 2. The van der Waals surface area contributed by atoms with E-state index >= 15 is 0 Å². The summed E-state index contributed by atoms with van der Waals surface area (Å²) < 4.78 is 19.6. The molecular formula is C28H29FN8O3. The first kappa shape index (κ1) is 25.7. The molecule has 11 nitrogen and oxygen atoms in total. The van der Waals surface area contributed by atoms with E-state index < -0.39 is 11.4 Å². The fraction of sp³-hybridized carbons (Fsp3) is 0.429. The number of piperidine rings is 1. The van der Waals surface area contributed by atoms with Gasteiger partial charge < -0.3 is 20.3 Å². The van der Waals surface area contributed by atoms with Gasteiger partial charge in [-0.15, -0.1) is 0 Å². The number of ether oxygens (including phenoxy) is 1. The molecule has 4 atom stereocenters. The molecule has 0 aromatic carbocycles. The molecule has 5 heterocycles. The lowest BCUT2D eigenvalue weighted by Crippen LogP contribution is -2.52. The topological polar surface area (TPSA) is 154 Å². The number of aromatic nitrogens is 4. The molecule has 1 aliphatic carbocycles. The Hall–Kier alpha value is -4.53. The summed E-state index contributed by atoms with van der Waals surface area (Å²) >= 11 is 0. The van der Waals surface area contributed by atoms with Crippen LogP contribution in [0, 0.1) is 34.9 Å². The number of anilines is 1. The third kappa shape index (κ3) is 4.41. The van der Waals surface area contributed by atoms with Crippen LogP contribution in [0.3, 0.4) is 0 Å². The van der Waals surface area contributed by atoms with Gasteiger partial charge in [-0.25, -0.2) is 14.4 Å². The lowest BCUT2D eigenvalue weighted by molar-refractivity contribution is -0.124. The molecule has 3 aromatic heterocycles. The second-order valence-corrected chi connectivity index (χ2v) is 10.8. The third-order valence-corrected chi connectivity index (χ3v) is 8.71. The fourth-order valence-electron chi connectivity index (χ4n) is 6.57. The number of hydrogen-bond acceptors (Lipinski definition) is 8. The number of methoxy groups -OCH3 is 1. The Morgan fingerprint density at radius 3 is 2.77 bits per heavy atom. The second kappa shape index (κ2) is 9.89. The van der Waals surface area contributed by atoms with E-state index in [-0.39, 0.29) is 40.8 Å². The van der Waals surface area contributed by atoms with Crippen LogP contribution in [0.4, 0.5) is 10.2 Å².